The molecule has 0 amide bonds. The van der Waals surface area contributed by atoms with Gasteiger partial charge >= 0.3 is 0 Å². The van der Waals surface area contributed by atoms with E-state index in [1.54, 1.807) is 16.8 Å². The molecule has 32 heavy (non-hydrogen) atoms. The quantitative estimate of drug-likeness (QED) is 0.305. The molecule has 1 aliphatic rings. The number of aliphatic hydroxyl groups is 1. The van der Waals surface area contributed by atoms with E-state index < -0.39 is 8.07 Å². The lowest BCUT2D eigenvalue weighted by Crippen LogP contribution is -2.45. The fourth-order valence-electron chi connectivity index (χ4n) is 3.97. The lowest BCUT2D eigenvalue weighted by molar-refractivity contribution is 0.282. The van der Waals surface area contributed by atoms with Crippen LogP contribution in [0.25, 0.3) is 16.9 Å². The molecule has 0 atom stereocenters. The number of hydrogen-bond donors (Lipinski definition) is 1. The van der Waals surface area contributed by atoms with Crippen LogP contribution < -0.4 is 0 Å². The molecule has 1 aromatic heterocycles. The van der Waals surface area contributed by atoms with Crippen molar-refractivity contribution in [1.29, 1.82) is 0 Å². The van der Waals surface area contributed by atoms with Gasteiger partial charge in [-0.2, -0.15) is 5.10 Å². The summed E-state index contributed by atoms with van der Waals surface area (Å²) in [6, 6.07) is 15.1. The summed E-state index contributed by atoms with van der Waals surface area (Å²) in [6.07, 6.45) is 0. The van der Waals surface area contributed by atoms with Crippen LogP contribution >= 0.6 is 47.0 Å². The Morgan fingerprint density at radius 1 is 1.03 bits per heavy atom. The number of aromatic nitrogens is 2. The number of rotatable bonds is 4. The molecule has 0 unspecified atom stereocenters. The standard InChI is InChI=1S/C23H24Cl3N3OSSi/c1-32(2)11-9-28(10-12-32)23(31)21-18(14-30)22(15-3-5-16(24)6-4-15)29(27-21)20-8-7-17(25)13-19(20)26/h3-8,13,30H,9-12,14H2,1-2H3. The zero-order valence-electron chi connectivity index (χ0n) is 17.9. The highest BCUT2D eigenvalue weighted by Crippen LogP contribution is 2.35. The highest BCUT2D eigenvalue weighted by Gasteiger charge is 2.31. The Morgan fingerprint density at radius 3 is 2.25 bits per heavy atom. The van der Waals surface area contributed by atoms with Crippen molar-refractivity contribution >= 4 is 60.1 Å². The minimum atomic E-state index is -1.15. The highest BCUT2D eigenvalue weighted by molar-refractivity contribution is 7.80. The maximum atomic E-state index is 10.4. The van der Waals surface area contributed by atoms with Crippen LogP contribution in [-0.4, -0.2) is 45.9 Å². The van der Waals surface area contributed by atoms with Crippen LogP contribution in [0.4, 0.5) is 0 Å². The molecule has 0 radical (unpaired) electrons. The third-order valence-electron chi connectivity index (χ3n) is 6.00. The van der Waals surface area contributed by atoms with E-state index in [2.05, 4.69) is 18.0 Å². The van der Waals surface area contributed by atoms with Gasteiger partial charge in [0.05, 0.1) is 31.1 Å². The number of nitrogens with zero attached hydrogens (tertiary/aromatic N) is 3. The van der Waals surface area contributed by atoms with Gasteiger partial charge in [0.1, 0.15) is 10.7 Å². The number of hydrogen-bond acceptors (Lipinski definition) is 3. The van der Waals surface area contributed by atoms with Gasteiger partial charge < -0.3 is 10.0 Å². The van der Waals surface area contributed by atoms with Crippen LogP contribution in [0.3, 0.4) is 0 Å². The zero-order valence-corrected chi connectivity index (χ0v) is 22.0. The minimum Gasteiger partial charge on any atom is -0.392 e. The van der Waals surface area contributed by atoms with Crippen LogP contribution in [0, 0.1) is 0 Å². The molecule has 0 saturated carbocycles. The highest BCUT2D eigenvalue weighted by atomic mass is 35.5. The molecule has 168 valence electrons. The maximum absolute atomic E-state index is 10.4. The smallest absolute Gasteiger partial charge is 0.130 e. The summed E-state index contributed by atoms with van der Waals surface area (Å²) in [4.78, 5) is 2.88. The second kappa shape index (κ2) is 9.45. The molecule has 1 N–H and O–H groups in total. The predicted octanol–water partition coefficient (Wildman–Crippen LogP) is 6.69. The average Bonchev–Trinajstić information content (AvgIpc) is 3.13. The largest absolute Gasteiger partial charge is 0.392 e. The number of aliphatic hydroxyl groups excluding tert-OH is 1. The molecule has 4 nitrogen and oxygen atoms in total. The Labute approximate surface area is 209 Å². The van der Waals surface area contributed by atoms with Crippen LogP contribution in [0.5, 0.6) is 0 Å². The van der Waals surface area contributed by atoms with Crippen molar-refractivity contribution in [3.63, 3.8) is 0 Å². The first-order valence-corrected chi connectivity index (χ1v) is 15.4. The van der Waals surface area contributed by atoms with Crippen molar-refractivity contribution in [2.75, 3.05) is 13.1 Å². The van der Waals surface area contributed by atoms with Gasteiger partial charge in [-0.25, -0.2) is 4.68 Å². The average molecular weight is 525 g/mol. The number of benzene rings is 2. The molecule has 1 saturated heterocycles. The summed E-state index contributed by atoms with van der Waals surface area (Å²) in [5.74, 6) is 0. The first-order valence-electron chi connectivity index (χ1n) is 10.4. The van der Waals surface area contributed by atoms with Crippen LogP contribution in [0.15, 0.2) is 42.5 Å². The van der Waals surface area contributed by atoms with Crippen molar-refractivity contribution in [1.82, 2.24) is 14.7 Å². The van der Waals surface area contributed by atoms with Gasteiger partial charge in [-0.3, -0.25) is 0 Å². The summed E-state index contributed by atoms with van der Waals surface area (Å²) in [5, 5.41) is 16.9. The Hall–Kier alpha value is -1.41. The summed E-state index contributed by atoms with van der Waals surface area (Å²) in [7, 11) is -1.15. The third kappa shape index (κ3) is 4.76. The van der Waals surface area contributed by atoms with Gasteiger partial charge in [-0.15, -0.1) is 0 Å². The van der Waals surface area contributed by atoms with Crippen molar-refractivity contribution in [3.8, 4) is 16.9 Å². The monoisotopic (exact) mass is 523 g/mol. The zero-order chi connectivity index (χ0) is 23.0. The van der Waals surface area contributed by atoms with E-state index in [1.165, 1.54) is 12.1 Å². The number of halogens is 3. The van der Waals surface area contributed by atoms with Gasteiger partial charge in [0.15, 0.2) is 0 Å². The summed E-state index contributed by atoms with van der Waals surface area (Å²) in [6.45, 7) is 6.49. The second-order valence-electron chi connectivity index (χ2n) is 8.80. The normalized spacial score (nSPS) is 15.8. The van der Waals surface area contributed by atoms with E-state index in [4.69, 9.17) is 52.1 Å². The Balaban J connectivity index is 1.86. The van der Waals surface area contributed by atoms with Crippen LogP contribution in [0.2, 0.25) is 40.3 Å². The molecule has 0 aliphatic carbocycles. The van der Waals surface area contributed by atoms with Crippen molar-refractivity contribution in [2.45, 2.75) is 31.8 Å². The van der Waals surface area contributed by atoms with Crippen molar-refractivity contribution < 1.29 is 5.11 Å². The molecule has 3 aromatic rings. The first kappa shape index (κ1) is 23.7. The Bertz CT molecular complexity index is 1150. The molecule has 2 aromatic carbocycles. The molecule has 4 rings (SSSR count). The van der Waals surface area contributed by atoms with Gasteiger partial charge in [0.25, 0.3) is 0 Å². The topological polar surface area (TPSA) is 41.3 Å². The molecule has 1 fully saturated rings. The van der Waals surface area contributed by atoms with Gasteiger partial charge in [-0.1, -0.05) is 72.2 Å². The fourth-order valence-corrected chi connectivity index (χ4v) is 6.93. The molecule has 9 heteroatoms. The lowest BCUT2D eigenvalue weighted by atomic mass is 10.1. The van der Waals surface area contributed by atoms with Crippen LogP contribution in [-0.2, 0) is 6.61 Å². The lowest BCUT2D eigenvalue weighted by Gasteiger charge is -2.36. The van der Waals surface area contributed by atoms with E-state index in [9.17, 15) is 5.11 Å². The van der Waals surface area contributed by atoms with Crippen molar-refractivity contribution in [2.24, 2.45) is 0 Å². The van der Waals surface area contributed by atoms with E-state index >= 15 is 0 Å². The molecule has 0 spiro atoms. The molecular formula is C23H24Cl3N3OSSi. The van der Waals surface area contributed by atoms with E-state index in [0.717, 1.165) is 24.3 Å². The first-order chi connectivity index (χ1) is 15.2. The van der Waals surface area contributed by atoms with Crippen LogP contribution in [0.1, 0.15) is 11.3 Å². The molecule has 2 heterocycles. The Kier molecular flexibility index (Phi) is 7.01. The summed E-state index contributed by atoms with van der Waals surface area (Å²) >= 11 is 24.7. The maximum Gasteiger partial charge on any atom is 0.130 e. The van der Waals surface area contributed by atoms with E-state index in [1.807, 2.05) is 30.3 Å². The molecular weight excluding hydrogens is 501 g/mol. The molecule has 1 aliphatic heterocycles. The molecule has 0 bridgehead atoms. The predicted molar refractivity (Wildman–Crippen MR) is 140 cm³/mol. The van der Waals surface area contributed by atoms with Gasteiger partial charge in [0, 0.05) is 34.3 Å². The SMILES string of the molecule is C[Si]1(C)CCN(C(=S)c2nn(-c3ccc(Cl)cc3Cl)c(-c3ccc(Cl)cc3)c2CO)CC1. The summed E-state index contributed by atoms with van der Waals surface area (Å²) in [5.41, 5.74) is 3.54. The Morgan fingerprint density at radius 2 is 1.66 bits per heavy atom. The van der Waals surface area contributed by atoms with Gasteiger partial charge in [-0.05, 0) is 42.4 Å². The minimum absolute atomic E-state index is 0.202. The summed E-state index contributed by atoms with van der Waals surface area (Å²) < 4.78 is 1.75. The van der Waals surface area contributed by atoms with Gasteiger partial charge in [0.2, 0.25) is 0 Å². The van der Waals surface area contributed by atoms with Crippen molar-refractivity contribution in [3.05, 3.63) is 68.8 Å². The van der Waals surface area contributed by atoms with E-state index in [0.29, 0.717) is 37.0 Å². The second-order valence-corrected chi connectivity index (χ2v) is 15.8. The van der Waals surface area contributed by atoms with E-state index in [-0.39, 0.29) is 6.61 Å². The number of thiocarbonyl (C=S) groups is 1. The fraction of sp³-hybridized carbons (Fsp3) is 0.304. The third-order valence-corrected chi connectivity index (χ3v) is 10.4.